The summed E-state index contributed by atoms with van der Waals surface area (Å²) in [5, 5.41) is 23.4. The van der Waals surface area contributed by atoms with E-state index in [1.807, 2.05) is 0 Å². The van der Waals surface area contributed by atoms with E-state index in [2.05, 4.69) is 9.97 Å². The Labute approximate surface area is 199 Å². The molecule has 0 aliphatic carbocycles. The number of para-hydroxylation sites is 2. The van der Waals surface area contributed by atoms with E-state index >= 15 is 0 Å². The van der Waals surface area contributed by atoms with Crippen molar-refractivity contribution in [3.8, 4) is 23.0 Å². The number of aromatic hydroxyl groups is 2. The Morgan fingerprint density at radius 3 is 1.71 bits per heavy atom. The van der Waals surface area contributed by atoms with Gasteiger partial charge in [0.1, 0.15) is 23.0 Å². The highest BCUT2D eigenvalue weighted by Crippen LogP contribution is 2.44. The molecule has 35 heavy (non-hydrogen) atoms. The molecule has 0 saturated carbocycles. The van der Waals surface area contributed by atoms with E-state index in [-0.39, 0.29) is 22.6 Å². The number of pyridine rings is 2. The van der Waals surface area contributed by atoms with Crippen LogP contribution in [0.2, 0.25) is 0 Å². The molecule has 0 amide bonds. The Morgan fingerprint density at radius 1 is 0.714 bits per heavy atom. The Hall–Kier alpha value is -4.72. The molecule has 0 atom stereocenters. The molecule has 3 aromatic carbocycles. The number of hydrogen-bond donors (Lipinski definition) is 4. The normalized spacial score (nSPS) is 11.3. The zero-order valence-corrected chi connectivity index (χ0v) is 19.0. The van der Waals surface area contributed by atoms with Crippen molar-refractivity contribution in [1.29, 1.82) is 0 Å². The maximum absolute atomic E-state index is 13.4. The molecule has 0 saturated heterocycles. The summed E-state index contributed by atoms with van der Waals surface area (Å²) >= 11 is 0. The summed E-state index contributed by atoms with van der Waals surface area (Å²) in [7, 11) is 2.95. The van der Waals surface area contributed by atoms with Gasteiger partial charge in [-0.3, -0.25) is 9.59 Å². The molecule has 2 aromatic heterocycles. The molecule has 4 N–H and O–H groups in total. The molecular formula is C27H22N2O6. The minimum atomic E-state index is -1.17. The number of methoxy groups -OCH3 is 2. The zero-order valence-electron chi connectivity index (χ0n) is 19.0. The van der Waals surface area contributed by atoms with Crippen molar-refractivity contribution in [3.63, 3.8) is 0 Å². The summed E-state index contributed by atoms with van der Waals surface area (Å²) < 4.78 is 10.9. The summed E-state index contributed by atoms with van der Waals surface area (Å²) in [6.45, 7) is 0. The number of nitrogens with one attached hydrogen (secondary N) is 2. The van der Waals surface area contributed by atoms with E-state index in [9.17, 15) is 19.8 Å². The molecule has 176 valence electrons. The third-order valence-corrected chi connectivity index (χ3v) is 6.19. The van der Waals surface area contributed by atoms with Crippen LogP contribution in [0.4, 0.5) is 0 Å². The molecule has 5 aromatic rings. The number of rotatable bonds is 5. The molecule has 0 radical (unpaired) electrons. The topological polar surface area (TPSA) is 125 Å². The van der Waals surface area contributed by atoms with Gasteiger partial charge < -0.3 is 29.7 Å². The number of hydrogen-bond acceptors (Lipinski definition) is 6. The van der Waals surface area contributed by atoms with Crippen LogP contribution in [0.1, 0.15) is 22.6 Å². The molecule has 0 aliphatic heterocycles. The van der Waals surface area contributed by atoms with Crippen LogP contribution in [0.5, 0.6) is 23.0 Å². The second-order valence-corrected chi connectivity index (χ2v) is 8.06. The number of fused-ring (bicyclic) bond motifs is 2. The fraction of sp³-hybridized carbons (Fsp3) is 0.111. The van der Waals surface area contributed by atoms with Crippen LogP contribution in [-0.4, -0.2) is 34.4 Å². The maximum atomic E-state index is 13.4. The first kappa shape index (κ1) is 22.1. The molecule has 0 unspecified atom stereocenters. The fourth-order valence-corrected chi connectivity index (χ4v) is 4.53. The van der Waals surface area contributed by atoms with Gasteiger partial charge in [0.25, 0.3) is 11.1 Å². The highest BCUT2D eigenvalue weighted by Gasteiger charge is 2.32. The second kappa shape index (κ2) is 8.57. The molecule has 8 heteroatoms. The van der Waals surface area contributed by atoms with Crippen molar-refractivity contribution in [2.75, 3.05) is 14.2 Å². The first-order valence-corrected chi connectivity index (χ1v) is 10.8. The lowest BCUT2D eigenvalue weighted by Gasteiger charge is -2.23. The Kier molecular flexibility index (Phi) is 5.41. The van der Waals surface area contributed by atoms with Gasteiger partial charge in [0, 0.05) is 22.4 Å². The van der Waals surface area contributed by atoms with Gasteiger partial charge in [-0.25, -0.2) is 0 Å². The average Bonchev–Trinajstić information content (AvgIpc) is 2.87. The number of aromatic amines is 2. The first-order valence-electron chi connectivity index (χ1n) is 10.8. The molecule has 0 bridgehead atoms. The Balaban J connectivity index is 1.93. The van der Waals surface area contributed by atoms with Crippen molar-refractivity contribution < 1.29 is 19.7 Å². The van der Waals surface area contributed by atoms with E-state index in [0.717, 1.165) is 0 Å². The van der Waals surface area contributed by atoms with Gasteiger partial charge in [0.2, 0.25) is 0 Å². The largest absolute Gasteiger partial charge is 0.507 e. The third kappa shape index (κ3) is 3.56. The van der Waals surface area contributed by atoms with Crippen molar-refractivity contribution in [2.45, 2.75) is 5.92 Å². The predicted molar refractivity (Wildman–Crippen MR) is 133 cm³/mol. The molecule has 0 spiro atoms. The number of ether oxygens (including phenoxy) is 2. The molecule has 5 rings (SSSR count). The second-order valence-electron chi connectivity index (χ2n) is 8.06. The number of aromatic nitrogens is 2. The van der Waals surface area contributed by atoms with Crippen LogP contribution in [0.25, 0.3) is 21.8 Å². The zero-order chi connectivity index (χ0) is 24.7. The van der Waals surface area contributed by atoms with Gasteiger partial charge in [-0.15, -0.1) is 0 Å². The summed E-state index contributed by atoms with van der Waals surface area (Å²) in [5.74, 6) is -0.943. The summed E-state index contributed by atoms with van der Waals surface area (Å²) in [6, 6.07) is 18.5. The lowest BCUT2D eigenvalue weighted by molar-refractivity contribution is 0.390. The Bertz CT molecular complexity index is 1600. The SMILES string of the molecule is COc1ccc(C(c2c(O)c3ccccc3[nH]c2=O)c2c(O)c3ccccc3[nH]c2=O)c(OC)c1. The third-order valence-electron chi connectivity index (χ3n) is 6.19. The quantitative estimate of drug-likeness (QED) is 0.308. The minimum absolute atomic E-state index is 0.0942. The van der Waals surface area contributed by atoms with E-state index in [1.54, 1.807) is 66.7 Å². The van der Waals surface area contributed by atoms with E-state index < -0.39 is 17.0 Å². The molecule has 2 heterocycles. The van der Waals surface area contributed by atoms with E-state index in [4.69, 9.17) is 9.47 Å². The van der Waals surface area contributed by atoms with Crippen LogP contribution in [0.3, 0.4) is 0 Å². The first-order chi connectivity index (χ1) is 16.9. The molecule has 0 fully saturated rings. The highest BCUT2D eigenvalue weighted by atomic mass is 16.5. The van der Waals surface area contributed by atoms with Gasteiger partial charge in [0.05, 0.1) is 42.3 Å². The van der Waals surface area contributed by atoms with Crippen LogP contribution in [-0.2, 0) is 0 Å². The monoisotopic (exact) mass is 470 g/mol. The predicted octanol–water partition coefficient (Wildman–Crippen LogP) is 3.98. The van der Waals surface area contributed by atoms with Gasteiger partial charge in [-0.05, 0) is 30.3 Å². The van der Waals surface area contributed by atoms with Crippen LogP contribution in [0, 0.1) is 0 Å². The van der Waals surface area contributed by atoms with Crippen LogP contribution < -0.4 is 20.6 Å². The smallest absolute Gasteiger partial charge is 0.256 e. The van der Waals surface area contributed by atoms with Gasteiger partial charge in [-0.1, -0.05) is 30.3 Å². The minimum Gasteiger partial charge on any atom is -0.507 e. The van der Waals surface area contributed by atoms with Crippen molar-refractivity contribution >= 4 is 21.8 Å². The lowest BCUT2D eigenvalue weighted by Crippen LogP contribution is -2.24. The highest BCUT2D eigenvalue weighted by molar-refractivity contribution is 5.88. The summed E-state index contributed by atoms with van der Waals surface area (Å²) in [4.78, 5) is 32.3. The maximum Gasteiger partial charge on any atom is 0.256 e. The average molecular weight is 470 g/mol. The van der Waals surface area contributed by atoms with Crippen molar-refractivity contribution in [3.05, 3.63) is 104 Å². The Morgan fingerprint density at radius 2 is 1.23 bits per heavy atom. The fourth-order valence-electron chi connectivity index (χ4n) is 4.53. The van der Waals surface area contributed by atoms with E-state index in [0.29, 0.717) is 38.9 Å². The van der Waals surface area contributed by atoms with E-state index in [1.165, 1.54) is 14.2 Å². The van der Waals surface area contributed by atoms with Gasteiger partial charge in [-0.2, -0.15) is 0 Å². The summed E-state index contributed by atoms with van der Waals surface area (Å²) in [5.41, 5.74) is -0.120. The van der Waals surface area contributed by atoms with Crippen LogP contribution >= 0.6 is 0 Å². The lowest BCUT2D eigenvalue weighted by atomic mass is 9.83. The van der Waals surface area contributed by atoms with Gasteiger partial charge in [0.15, 0.2) is 0 Å². The number of benzene rings is 3. The molecular weight excluding hydrogens is 448 g/mol. The van der Waals surface area contributed by atoms with Crippen molar-refractivity contribution in [1.82, 2.24) is 9.97 Å². The number of H-pyrrole nitrogens is 2. The molecule has 8 nitrogen and oxygen atoms in total. The van der Waals surface area contributed by atoms with Gasteiger partial charge >= 0.3 is 0 Å². The molecule has 0 aliphatic rings. The van der Waals surface area contributed by atoms with Crippen molar-refractivity contribution in [2.24, 2.45) is 0 Å². The standard InChI is InChI=1S/C27H22N2O6/c1-34-14-11-12-17(20(13-14)35-2)21(22-24(30)15-7-3-5-9-18(15)28-26(22)32)23-25(31)16-8-4-6-10-19(16)29-27(23)33/h3-13,21H,1-2H3,(H2,28,30,32)(H2,29,31,33). The summed E-state index contributed by atoms with van der Waals surface area (Å²) in [6.07, 6.45) is 0. The van der Waals surface area contributed by atoms with Crippen LogP contribution in [0.15, 0.2) is 76.3 Å².